The lowest BCUT2D eigenvalue weighted by Gasteiger charge is -2.02. The van der Waals surface area contributed by atoms with Crippen LogP contribution >= 0.6 is 0 Å². The summed E-state index contributed by atoms with van der Waals surface area (Å²) in [6.07, 6.45) is 190. The molecule has 0 bridgehead atoms. The summed E-state index contributed by atoms with van der Waals surface area (Å²) < 4.78 is 0. The van der Waals surface area contributed by atoms with E-state index in [4.69, 9.17) is 0 Å². The van der Waals surface area contributed by atoms with Gasteiger partial charge < -0.3 is 0 Å². The summed E-state index contributed by atoms with van der Waals surface area (Å²) in [6.45, 7) is 4.44. The van der Waals surface area contributed by atoms with Gasteiger partial charge >= 0.3 is 0 Å². The third-order valence-electron chi connectivity index (χ3n) is 26.6. The van der Waals surface area contributed by atoms with Crippen LogP contribution in [0.5, 0.6) is 0 Å². The van der Waals surface area contributed by atoms with Crippen LogP contribution in [0.15, 0.2) is 122 Å². The van der Waals surface area contributed by atoms with Gasteiger partial charge in [-0.05, 0) is 251 Å². The van der Waals surface area contributed by atoms with Crippen molar-refractivity contribution < 1.29 is 0 Å². The van der Waals surface area contributed by atoms with E-state index in [0.717, 1.165) is 0 Å². The lowest BCUT2D eigenvalue weighted by molar-refractivity contribution is 0.565. The van der Waals surface area contributed by atoms with Gasteiger partial charge in [-0.3, -0.25) is 0 Å². The highest BCUT2D eigenvalue weighted by Gasteiger charge is 2.03. The predicted octanol–water partition coefficient (Wildman–Crippen LogP) is 45.6. The van der Waals surface area contributed by atoms with Crippen LogP contribution in [0.3, 0.4) is 0 Å². The normalized spacial score (nSPS) is 12.5. The highest BCUT2D eigenvalue weighted by molar-refractivity contribution is 4.88. The van der Waals surface area contributed by atoms with Crippen LogP contribution < -0.4 is 0 Å². The first-order valence-corrected chi connectivity index (χ1v) is 57.4. The van der Waals surface area contributed by atoms with Gasteiger partial charge in [-0.1, -0.05) is 527 Å². The maximum absolute atomic E-state index is 2.49. The molecule has 0 nitrogen and oxygen atoms in total. The third kappa shape index (κ3) is 117. The van der Waals surface area contributed by atoms with Gasteiger partial charge in [-0.15, -0.1) is 0 Å². The van der Waals surface area contributed by atoms with Crippen molar-refractivity contribution in [3.63, 3.8) is 0 Å². The minimum atomic E-state index is 1.28. The Kier molecular flexibility index (Phi) is 116. The smallest absolute Gasteiger partial charge is 0.0351 e. The van der Waals surface area contributed by atoms with Crippen LogP contribution in [0, 0.1) is 0 Å². The van der Waals surface area contributed by atoms with Crippen LogP contribution in [0.25, 0.3) is 0 Å². The fourth-order valence-corrected chi connectivity index (χ4v) is 18.1. The average Bonchev–Trinajstić information content (AvgIpc) is 1.30. The molecule has 0 heterocycles. The van der Waals surface area contributed by atoms with E-state index in [9.17, 15) is 0 Å². The number of unbranched alkanes of at least 4 members (excludes halogenated alkanes) is 90. The Hall–Kier alpha value is -2.60. The van der Waals surface area contributed by atoms with Crippen molar-refractivity contribution in [2.24, 2.45) is 0 Å². The van der Waals surface area contributed by atoms with Crippen molar-refractivity contribution in [1.82, 2.24) is 0 Å². The second kappa shape index (κ2) is 118. The molecule has 0 heteroatoms. The number of allylic oxidation sites excluding steroid dienone is 20. The monoisotopic (exact) mass is 1690 g/mol. The molecule has 0 aliphatic heterocycles. The van der Waals surface area contributed by atoms with E-state index in [1.807, 2.05) is 0 Å². The summed E-state index contributed by atoms with van der Waals surface area (Å²) >= 11 is 0. The molecule has 0 saturated carbocycles. The van der Waals surface area contributed by atoms with Gasteiger partial charge in [-0.2, -0.15) is 0 Å². The molecule has 0 saturated heterocycles. The summed E-state index contributed by atoms with van der Waals surface area (Å²) in [5.74, 6) is 0. The van der Waals surface area contributed by atoms with Crippen molar-refractivity contribution in [1.29, 1.82) is 0 Å². The molecule has 0 fully saturated rings. The lowest BCUT2D eigenvalue weighted by Crippen LogP contribution is -1.82. The van der Waals surface area contributed by atoms with Gasteiger partial charge in [0.2, 0.25) is 0 Å². The van der Waals surface area contributed by atoms with Gasteiger partial charge in [0.25, 0.3) is 0 Å². The van der Waals surface area contributed by atoms with Gasteiger partial charge in [-0.25, -0.2) is 0 Å². The molecule has 0 aromatic carbocycles. The SMILES string of the molecule is C/C=C/CCCCCCCCCC/C=C/CCCCCCCCCC/C=C/CCCCCCCCCC/C=C/CCCCCCCCCC/C=C/CCCCCCCCCC/C=C/CCCCCCCCCC/C=C/CCCCCCCCCC/C=C/CCCCCCCCCC/C=C/CCCCCCCCCC/C=C/CCCCCCCCCCC. The predicted molar refractivity (Wildman–Crippen MR) is 564 cm³/mol. The van der Waals surface area contributed by atoms with Crippen molar-refractivity contribution in [3.8, 4) is 0 Å². The summed E-state index contributed by atoms with van der Waals surface area (Å²) in [7, 11) is 0. The minimum absolute atomic E-state index is 1.28. The van der Waals surface area contributed by atoms with Crippen molar-refractivity contribution in [2.45, 2.75) is 656 Å². The topological polar surface area (TPSA) is 0 Å². The Morgan fingerprint density at radius 1 is 0.0820 bits per heavy atom. The Morgan fingerprint density at radius 3 is 0.221 bits per heavy atom. The molecule has 122 heavy (non-hydrogen) atoms. The molecule has 0 spiro atoms. The van der Waals surface area contributed by atoms with Gasteiger partial charge in [0, 0.05) is 0 Å². The Labute approximate surface area is 772 Å². The van der Waals surface area contributed by atoms with E-state index in [1.165, 1.54) is 642 Å². The Morgan fingerprint density at radius 2 is 0.148 bits per heavy atom. The Balaban J connectivity index is 3.23. The summed E-state index contributed by atoms with van der Waals surface area (Å²) in [5.41, 5.74) is 0. The summed E-state index contributed by atoms with van der Waals surface area (Å²) in [4.78, 5) is 0. The van der Waals surface area contributed by atoms with E-state index in [-0.39, 0.29) is 0 Å². The van der Waals surface area contributed by atoms with E-state index in [0.29, 0.717) is 0 Å². The molecule has 0 aromatic heterocycles. The molecular weight excluding hydrogens is 1470 g/mol. The third-order valence-corrected chi connectivity index (χ3v) is 26.6. The van der Waals surface area contributed by atoms with Gasteiger partial charge in [0.15, 0.2) is 0 Å². The highest BCUT2D eigenvalue weighted by atomic mass is 14.1. The number of hydrogen-bond acceptors (Lipinski definition) is 0. The van der Waals surface area contributed by atoms with Crippen LogP contribution in [-0.2, 0) is 0 Å². The second-order valence-electron chi connectivity index (χ2n) is 39.1. The summed E-state index contributed by atoms with van der Waals surface area (Å²) in [5, 5.41) is 0. The molecule has 0 radical (unpaired) electrons. The average molecular weight is 1690 g/mol. The molecule has 0 aromatic rings. The first-order valence-electron chi connectivity index (χ1n) is 57.4. The van der Waals surface area contributed by atoms with Crippen molar-refractivity contribution in [2.75, 3.05) is 0 Å². The molecule has 0 N–H and O–H groups in total. The maximum Gasteiger partial charge on any atom is -0.0351 e. The molecule has 0 aliphatic rings. The molecule has 0 unspecified atom stereocenters. The second-order valence-corrected chi connectivity index (χ2v) is 39.1. The zero-order valence-electron chi connectivity index (χ0n) is 84.3. The largest absolute Gasteiger partial charge is 0.0917 e. The fourth-order valence-electron chi connectivity index (χ4n) is 18.1. The number of hydrogen-bond donors (Lipinski definition) is 0. The van der Waals surface area contributed by atoms with E-state index >= 15 is 0 Å². The maximum atomic E-state index is 2.49. The van der Waals surface area contributed by atoms with Crippen LogP contribution in [0.2, 0.25) is 0 Å². The van der Waals surface area contributed by atoms with Crippen molar-refractivity contribution in [3.05, 3.63) is 122 Å². The number of rotatable bonds is 109. The Bertz CT molecular complexity index is 2080. The molecule has 0 rings (SSSR count). The molecule has 0 amide bonds. The fraction of sp³-hybridized carbons (Fsp3) is 0.836. The van der Waals surface area contributed by atoms with E-state index in [1.54, 1.807) is 0 Å². The van der Waals surface area contributed by atoms with Gasteiger partial charge in [0.1, 0.15) is 0 Å². The molecule has 0 atom stereocenters. The molecule has 0 aliphatic carbocycles. The first-order chi connectivity index (χ1) is 60.9. The van der Waals surface area contributed by atoms with Crippen LogP contribution in [0.1, 0.15) is 656 Å². The molecular formula is C122H226. The highest BCUT2D eigenvalue weighted by Crippen LogP contribution is 2.22. The van der Waals surface area contributed by atoms with Crippen molar-refractivity contribution >= 4 is 0 Å². The zero-order valence-corrected chi connectivity index (χ0v) is 84.3. The quantitative estimate of drug-likeness (QED) is 0.0421. The van der Waals surface area contributed by atoms with Gasteiger partial charge in [0.05, 0.1) is 0 Å². The van der Waals surface area contributed by atoms with E-state index in [2.05, 4.69) is 135 Å². The standard InChI is InChI=1S/C122H226/c1-3-5-7-9-11-13-15-17-19-21-23-25-27-29-31-33-35-37-39-41-43-45-47-49-51-53-55-57-59-61-63-65-67-69-71-73-75-77-79-81-83-85-87-89-91-93-95-97-99-101-103-105-107-109-111-113-115-117-119-121-122-120-118-116-114-112-110-108-106-104-102-100-98-96-94-92-90-88-86-84-82-80-78-76-74-72-70-68-66-64-62-60-58-56-54-52-50-48-46-44-42-40-38-36-34-32-30-28-26-24-22-20-18-16-14-12-10-8-6-4-2/h3,5,24,26-27,29,48,50-51,53,72,74-75,77,96,98-99,101,120,122H,4,6-23,25,28,30-47,49,52,54-71,73,76,78-95,97,100,102-119,121H2,1-2H3/b5-3+,26-24+,29-27+,50-48+,53-51+,74-72+,77-75+,98-96+,101-99+,122-120+. The summed E-state index contributed by atoms with van der Waals surface area (Å²) in [6, 6.07) is 0. The minimum Gasteiger partial charge on any atom is -0.0917 e. The first kappa shape index (κ1) is 119. The lowest BCUT2D eigenvalue weighted by atomic mass is 10.0. The zero-order chi connectivity index (χ0) is 86.9. The molecule has 714 valence electrons. The van der Waals surface area contributed by atoms with Crippen LogP contribution in [-0.4, -0.2) is 0 Å². The van der Waals surface area contributed by atoms with Crippen LogP contribution in [0.4, 0.5) is 0 Å². The van der Waals surface area contributed by atoms with E-state index < -0.39 is 0 Å².